The zero-order valence-corrected chi connectivity index (χ0v) is 17.9. The fourth-order valence-electron chi connectivity index (χ4n) is 3.75. The van der Waals surface area contributed by atoms with E-state index in [1.165, 1.54) is 40.8 Å². The van der Waals surface area contributed by atoms with E-state index in [-0.39, 0.29) is 5.41 Å². The Balaban J connectivity index is 1.92. The highest BCUT2D eigenvalue weighted by Gasteiger charge is 2.28. The summed E-state index contributed by atoms with van der Waals surface area (Å²) in [6.45, 7) is 9.99. The molecular weight excluding hydrogens is 358 g/mol. The van der Waals surface area contributed by atoms with Gasteiger partial charge in [0.25, 0.3) is 0 Å². The van der Waals surface area contributed by atoms with Crippen LogP contribution in [0, 0.1) is 6.92 Å². The third-order valence-electron chi connectivity index (χ3n) is 5.70. The Bertz CT molecular complexity index is 949. The van der Waals surface area contributed by atoms with Gasteiger partial charge in [0.2, 0.25) is 0 Å². The number of unbranched alkanes of at least 4 members (excludes halogenated alkanes) is 1. The molecule has 2 aromatic carbocycles. The average Bonchev–Trinajstić information content (AvgIpc) is 2.69. The molecule has 0 heterocycles. The maximum atomic E-state index is 11.0. The van der Waals surface area contributed by atoms with Gasteiger partial charge in [-0.1, -0.05) is 63.6 Å². The summed E-state index contributed by atoms with van der Waals surface area (Å²) in [5.74, 6) is -0.899. The SMILES string of the molecule is CCCCNC1=CCC(C)(C)c2cc(C)c(C=Cc3ccc(C(=O)O)cc3)cc21. The molecule has 0 atom stereocenters. The van der Waals surface area contributed by atoms with Gasteiger partial charge in [0.15, 0.2) is 0 Å². The van der Waals surface area contributed by atoms with E-state index in [9.17, 15) is 4.79 Å². The van der Waals surface area contributed by atoms with E-state index < -0.39 is 5.97 Å². The minimum Gasteiger partial charge on any atom is -0.478 e. The van der Waals surface area contributed by atoms with Gasteiger partial charge in [0.1, 0.15) is 0 Å². The Morgan fingerprint density at radius 1 is 1.17 bits per heavy atom. The van der Waals surface area contributed by atoms with Gasteiger partial charge < -0.3 is 10.4 Å². The summed E-state index contributed by atoms with van der Waals surface area (Å²) in [7, 11) is 0. The number of benzene rings is 2. The van der Waals surface area contributed by atoms with Crippen LogP contribution in [0.1, 0.15) is 78.2 Å². The highest BCUT2D eigenvalue weighted by molar-refractivity contribution is 5.88. The number of carbonyl (C=O) groups is 1. The zero-order valence-electron chi connectivity index (χ0n) is 17.9. The van der Waals surface area contributed by atoms with E-state index in [0.29, 0.717) is 5.56 Å². The number of rotatable bonds is 7. The minimum atomic E-state index is -0.899. The van der Waals surface area contributed by atoms with Crippen molar-refractivity contribution < 1.29 is 9.90 Å². The first-order valence-corrected chi connectivity index (χ1v) is 10.4. The van der Waals surface area contributed by atoms with Crippen LogP contribution in [0.15, 0.2) is 42.5 Å². The Morgan fingerprint density at radius 3 is 2.55 bits per heavy atom. The van der Waals surface area contributed by atoms with E-state index in [1.54, 1.807) is 12.1 Å². The summed E-state index contributed by atoms with van der Waals surface area (Å²) in [4.78, 5) is 11.0. The summed E-state index contributed by atoms with van der Waals surface area (Å²) in [5, 5.41) is 12.7. The lowest BCUT2D eigenvalue weighted by molar-refractivity contribution is 0.0697. The number of carboxylic acids is 1. The van der Waals surface area contributed by atoms with Crippen molar-refractivity contribution in [1.82, 2.24) is 5.32 Å². The first kappa shape index (κ1) is 20.9. The summed E-state index contributed by atoms with van der Waals surface area (Å²) >= 11 is 0. The van der Waals surface area contributed by atoms with Gasteiger partial charge in [-0.25, -0.2) is 4.79 Å². The molecule has 0 amide bonds. The summed E-state index contributed by atoms with van der Waals surface area (Å²) < 4.78 is 0. The highest BCUT2D eigenvalue weighted by Crippen LogP contribution is 2.39. The van der Waals surface area contributed by atoms with Crippen LogP contribution in [0.3, 0.4) is 0 Å². The Hall–Kier alpha value is -2.81. The molecule has 29 heavy (non-hydrogen) atoms. The van der Waals surface area contributed by atoms with Crippen LogP contribution in [0.2, 0.25) is 0 Å². The molecule has 3 heteroatoms. The Labute approximate surface area is 174 Å². The highest BCUT2D eigenvalue weighted by atomic mass is 16.4. The molecule has 2 N–H and O–H groups in total. The normalized spacial score (nSPS) is 15.1. The lowest BCUT2D eigenvalue weighted by atomic mass is 9.73. The first-order chi connectivity index (χ1) is 13.8. The van der Waals surface area contributed by atoms with E-state index in [1.807, 2.05) is 18.2 Å². The first-order valence-electron chi connectivity index (χ1n) is 10.4. The molecule has 0 aromatic heterocycles. The second-order valence-corrected chi connectivity index (χ2v) is 8.50. The predicted octanol–water partition coefficient (Wildman–Crippen LogP) is 6.28. The molecule has 0 fully saturated rings. The van der Waals surface area contributed by atoms with Crippen molar-refractivity contribution >= 4 is 23.8 Å². The number of allylic oxidation sites excluding steroid dienone is 1. The van der Waals surface area contributed by atoms with Gasteiger partial charge in [-0.05, 0) is 65.6 Å². The molecule has 3 nitrogen and oxygen atoms in total. The molecule has 0 saturated heterocycles. The van der Waals surface area contributed by atoms with Crippen LogP contribution >= 0.6 is 0 Å². The van der Waals surface area contributed by atoms with E-state index in [0.717, 1.165) is 18.5 Å². The molecule has 0 unspecified atom stereocenters. The number of aryl methyl sites for hydroxylation is 1. The monoisotopic (exact) mass is 389 g/mol. The second-order valence-electron chi connectivity index (χ2n) is 8.50. The van der Waals surface area contributed by atoms with Crippen LogP contribution in [0.5, 0.6) is 0 Å². The third kappa shape index (κ3) is 4.79. The fraction of sp³-hybridized carbons (Fsp3) is 0.346. The van der Waals surface area contributed by atoms with Crippen LogP contribution < -0.4 is 5.32 Å². The zero-order chi connectivity index (χ0) is 21.0. The largest absolute Gasteiger partial charge is 0.478 e. The molecule has 0 saturated carbocycles. The molecule has 1 aliphatic carbocycles. The average molecular weight is 390 g/mol. The lowest BCUT2D eigenvalue weighted by Gasteiger charge is -2.33. The van der Waals surface area contributed by atoms with Crippen LogP contribution in [-0.4, -0.2) is 17.6 Å². The quantitative estimate of drug-likeness (QED) is 0.433. The van der Waals surface area contributed by atoms with E-state index >= 15 is 0 Å². The molecule has 152 valence electrons. The van der Waals surface area contributed by atoms with Crippen LogP contribution in [-0.2, 0) is 5.41 Å². The van der Waals surface area contributed by atoms with E-state index in [2.05, 4.69) is 57.3 Å². The maximum Gasteiger partial charge on any atom is 0.335 e. The molecule has 0 aliphatic heterocycles. The molecule has 0 radical (unpaired) electrons. The van der Waals surface area contributed by atoms with Crippen molar-refractivity contribution in [3.05, 3.63) is 75.9 Å². The molecule has 3 rings (SSSR count). The minimum absolute atomic E-state index is 0.130. The van der Waals surface area contributed by atoms with Gasteiger partial charge >= 0.3 is 5.97 Å². The number of aromatic carboxylic acids is 1. The maximum absolute atomic E-state index is 11.0. The number of hydrogen-bond donors (Lipinski definition) is 2. The summed E-state index contributed by atoms with van der Waals surface area (Å²) in [5.41, 5.74) is 7.81. The number of hydrogen-bond acceptors (Lipinski definition) is 2. The van der Waals surface area contributed by atoms with Crippen molar-refractivity contribution in [2.45, 2.75) is 52.4 Å². The Kier molecular flexibility index (Phi) is 6.26. The van der Waals surface area contributed by atoms with Gasteiger partial charge in [-0.3, -0.25) is 0 Å². The summed E-state index contributed by atoms with van der Waals surface area (Å²) in [6, 6.07) is 11.6. The standard InChI is InChI=1S/C26H31NO2/c1-5-6-15-27-24-13-14-26(3,4)23-16-18(2)21(17-22(23)24)12-9-19-7-10-20(11-8-19)25(28)29/h7-13,16-17,27H,5-6,14-15H2,1-4H3,(H,28,29). The Morgan fingerprint density at radius 2 is 1.90 bits per heavy atom. The van der Waals surface area contributed by atoms with Crippen molar-refractivity contribution in [2.75, 3.05) is 6.54 Å². The number of nitrogens with one attached hydrogen (secondary N) is 1. The molecular formula is C26H31NO2. The van der Waals surface area contributed by atoms with Crippen LogP contribution in [0.25, 0.3) is 17.8 Å². The molecule has 0 spiro atoms. The van der Waals surface area contributed by atoms with Gasteiger partial charge in [-0.15, -0.1) is 0 Å². The fourth-order valence-corrected chi connectivity index (χ4v) is 3.75. The van der Waals surface area contributed by atoms with Gasteiger partial charge in [-0.2, -0.15) is 0 Å². The topological polar surface area (TPSA) is 49.3 Å². The lowest BCUT2D eigenvalue weighted by Crippen LogP contribution is -2.26. The molecule has 2 aromatic rings. The molecule has 1 aliphatic rings. The van der Waals surface area contributed by atoms with Crippen molar-refractivity contribution in [3.8, 4) is 0 Å². The van der Waals surface area contributed by atoms with Crippen molar-refractivity contribution in [3.63, 3.8) is 0 Å². The van der Waals surface area contributed by atoms with Crippen LogP contribution in [0.4, 0.5) is 0 Å². The molecule has 0 bridgehead atoms. The summed E-state index contributed by atoms with van der Waals surface area (Å²) in [6.07, 6.45) is 9.89. The number of fused-ring (bicyclic) bond motifs is 1. The predicted molar refractivity (Wildman–Crippen MR) is 122 cm³/mol. The smallest absolute Gasteiger partial charge is 0.335 e. The second kappa shape index (κ2) is 8.69. The van der Waals surface area contributed by atoms with Crippen molar-refractivity contribution in [1.29, 1.82) is 0 Å². The number of carboxylic acid groups (broad SMARTS) is 1. The third-order valence-corrected chi connectivity index (χ3v) is 5.70. The van der Waals surface area contributed by atoms with E-state index in [4.69, 9.17) is 5.11 Å². The van der Waals surface area contributed by atoms with Crippen molar-refractivity contribution in [2.24, 2.45) is 0 Å². The van der Waals surface area contributed by atoms with Gasteiger partial charge in [0, 0.05) is 17.8 Å². The van der Waals surface area contributed by atoms with Gasteiger partial charge in [0.05, 0.1) is 5.56 Å².